The summed E-state index contributed by atoms with van der Waals surface area (Å²) in [6.45, 7) is 1.60. The highest BCUT2D eigenvalue weighted by atomic mass is 19.1. The summed E-state index contributed by atoms with van der Waals surface area (Å²) in [5.74, 6) is -0.519. The number of nitrogens with one attached hydrogen (secondary N) is 1. The Balaban J connectivity index is 2.47. The summed E-state index contributed by atoms with van der Waals surface area (Å²) in [5, 5.41) is 12.0. The molecule has 1 aliphatic rings. The third kappa shape index (κ3) is 2.33. The van der Waals surface area contributed by atoms with Gasteiger partial charge in [0.2, 0.25) is 0 Å². The second kappa shape index (κ2) is 5.04. The van der Waals surface area contributed by atoms with Gasteiger partial charge in [0.15, 0.2) is 6.29 Å². The lowest BCUT2D eigenvalue weighted by atomic mass is 9.96. The lowest BCUT2D eigenvalue weighted by Crippen LogP contribution is -2.35. The number of nitriles is 1. The van der Waals surface area contributed by atoms with Crippen LogP contribution in [0, 0.1) is 17.1 Å². The minimum absolute atomic E-state index is 0.0578. The van der Waals surface area contributed by atoms with Crippen LogP contribution in [0.3, 0.4) is 0 Å². The van der Waals surface area contributed by atoms with Crippen LogP contribution in [0.1, 0.15) is 27.5 Å². The number of rotatable bonds is 2. The largest absolute Gasteiger partial charge is 0.378 e. The Bertz CT molecular complexity index is 476. The van der Waals surface area contributed by atoms with E-state index in [1.165, 1.54) is 6.07 Å². The van der Waals surface area contributed by atoms with Crippen molar-refractivity contribution in [1.29, 1.82) is 5.26 Å². The molecule has 5 heteroatoms. The summed E-state index contributed by atoms with van der Waals surface area (Å²) in [7, 11) is 0. The molecule has 0 aromatic heterocycles. The number of ether oxygens (including phenoxy) is 1. The predicted octanol–water partition coefficient (Wildman–Crippen LogP) is 1.17. The standard InChI is InChI=1S/C12H11FN2O2/c13-9-3-8(5-14)11(6-16)10(4-9)12-7-17-2-1-15-12/h3-4,6,12,15H,1-2,7H2. The van der Waals surface area contributed by atoms with Crippen LogP contribution in [0.5, 0.6) is 0 Å². The van der Waals surface area contributed by atoms with E-state index in [1.807, 2.05) is 6.07 Å². The van der Waals surface area contributed by atoms with Gasteiger partial charge in [0.1, 0.15) is 5.82 Å². The highest BCUT2D eigenvalue weighted by Crippen LogP contribution is 2.23. The summed E-state index contributed by atoms with van der Waals surface area (Å²) in [6.07, 6.45) is 0.587. The molecule has 1 heterocycles. The van der Waals surface area contributed by atoms with Gasteiger partial charge in [-0.25, -0.2) is 4.39 Å². The van der Waals surface area contributed by atoms with E-state index in [9.17, 15) is 9.18 Å². The van der Waals surface area contributed by atoms with Gasteiger partial charge in [0.05, 0.1) is 30.9 Å². The van der Waals surface area contributed by atoms with E-state index in [0.717, 1.165) is 6.07 Å². The van der Waals surface area contributed by atoms with E-state index in [0.29, 0.717) is 31.6 Å². The maximum Gasteiger partial charge on any atom is 0.151 e. The predicted molar refractivity (Wildman–Crippen MR) is 58.1 cm³/mol. The molecule has 0 amide bonds. The molecule has 0 saturated carbocycles. The molecule has 0 aliphatic carbocycles. The maximum atomic E-state index is 13.4. The Labute approximate surface area is 98.0 Å². The third-order valence-electron chi connectivity index (χ3n) is 2.71. The van der Waals surface area contributed by atoms with Crippen LogP contribution in [-0.4, -0.2) is 26.0 Å². The molecule has 88 valence electrons. The molecule has 1 aliphatic heterocycles. The fraction of sp³-hybridized carbons (Fsp3) is 0.333. The fourth-order valence-electron chi connectivity index (χ4n) is 1.92. The Morgan fingerprint density at radius 1 is 1.59 bits per heavy atom. The van der Waals surface area contributed by atoms with Crippen molar-refractivity contribution in [2.24, 2.45) is 0 Å². The summed E-state index contributed by atoms with van der Waals surface area (Å²) in [4.78, 5) is 11.0. The van der Waals surface area contributed by atoms with Gasteiger partial charge in [-0.3, -0.25) is 4.79 Å². The first kappa shape index (κ1) is 11.7. The highest BCUT2D eigenvalue weighted by molar-refractivity contribution is 5.81. The molecule has 1 saturated heterocycles. The fourth-order valence-corrected chi connectivity index (χ4v) is 1.92. The van der Waals surface area contributed by atoms with Crippen molar-refractivity contribution in [3.63, 3.8) is 0 Å². The Kier molecular flexibility index (Phi) is 3.47. The van der Waals surface area contributed by atoms with Gasteiger partial charge >= 0.3 is 0 Å². The topological polar surface area (TPSA) is 62.1 Å². The van der Waals surface area contributed by atoms with E-state index in [-0.39, 0.29) is 17.2 Å². The normalized spacial score (nSPS) is 19.6. The van der Waals surface area contributed by atoms with E-state index < -0.39 is 5.82 Å². The molecule has 17 heavy (non-hydrogen) atoms. The number of nitrogens with zero attached hydrogens (tertiary/aromatic N) is 1. The number of hydrogen-bond donors (Lipinski definition) is 1. The van der Waals surface area contributed by atoms with Gasteiger partial charge in [0, 0.05) is 12.1 Å². The average molecular weight is 234 g/mol. The van der Waals surface area contributed by atoms with E-state index in [2.05, 4.69) is 5.32 Å². The van der Waals surface area contributed by atoms with E-state index >= 15 is 0 Å². The van der Waals surface area contributed by atoms with Gasteiger partial charge in [-0.2, -0.15) is 5.26 Å². The quantitative estimate of drug-likeness (QED) is 0.780. The molecule has 1 atom stereocenters. The Hall–Kier alpha value is -1.77. The summed E-state index contributed by atoms with van der Waals surface area (Å²) >= 11 is 0. The van der Waals surface area contributed by atoms with Crippen LogP contribution in [0.15, 0.2) is 12.1 Å². The Morgan fingerprint density at radius 2 is 2.41 bits per heavy atom. The first-order chi connectivity index (χ1) is 8.26. The maximum absolute atomic E-state index is 13.4. The number of carbonyl (C=O) groups excluding carboxylic acids is 1. The Morgan fingerprint density at radius 3 is 3.00 bits per heavy atom. The molecular weight excluding hydrogens is 223 g/mol. The summed E-state index contributed by atoms with van der Waals surface area (Å²) in [6, 6.07) is 3.92. The molecule has 4 nitrogen and oxygen atoms in total. The molecule has 1 unspecified atom stereocenters. The smallest absolute Gasteiger partial charge is 0.151 e. The zero-order valence-corrected chi connectivity index (χ0v) is 9.07. The number of hydrogen-bond acceptors (Lipinski definition) is 4. The number of aldehydes is 1. The second-order valence-corrected chi connectivity index (χ2v) is 3.77. The minimum Gasteiger partial charge on any atom is -0.378 e. The number of morpholine rings is 1. The number of benzene rings is 1. The first-order valence-corrected chi connectivity index (χ1v) is 5.26. The molecule has 1 N–H and O–H groups in total. The minimum atomic E-state index is -0.519. The van der Waals surface area contributed by atoms with Crippen molar-refractivity contribution in [2.75, 3.05) is 19.8 Å². The van der Waals surface area contributed by atoms with Crippen LogP contribution in [0.25, 0.3) is 0 Å². The second-order valence-electron chi connectivity index (χ2n) is 3.77. The van der Waals surface area contributed by atoms with Crippen LogP contribution in [-0.2, 0) is 4.74 Å². The summed E-state index contributed by atoms with van der Waals surface area (Å²) in [5.41, 5.74) is 0.774. The molecule has 0 radical (unpaired) electrons. The number of carbonyl (C=O) groups is 1. The van der Waals surface area contributed by atoms with E-state index in [4.69, 9.17) is 10.00 Å². The molecule has 0 bridgehead atoms. The van der Waals surface area contributed by atoms with Crippen molar-refractivity contribution < 1.29 is 13.9 Å². The van der Waals surface area contributed by atoms with Gasteiger partial charge in [-0.05, 0) is 17.7 Å². The van der Waals surface area contributed by atoms with E-state index in [1.54, 1.807) is 0 Å². The first-order valence-electron chi connectivity index (χ1n) is 5.26. The molecular formula is C12H11FN2O2. The van der Waals surface area contributed by atoms with Crippen molar-refractivity contribution >= 4 is 6.29 Å². The zero-order valence-electron chi connectivity index (χ0n) is 9.07. The highest BCUT2D eigenvalue weighted by Gasteiger charge is 2.21. The van der Waals surface area contributed by atoms with Crippen LogP contribution in [0.2, 0.25) is 0 Å². The zero-order chi connectivity index (χ0) is 12.3. The van der Waals surface area contributed by atoms with Gasteiger partial charge in [-0.1, -0.05) is 0 Å². The average Bonchev–Trinajstić information content (AvgIpc) is 2.38. The van der Waals surface area contributed by atoms with Crippen molar-refractivity contribution in [3.8, 4) is 6.07 Å². The lowest BCUT2D eigenvalue weighted by molar-refractivity contribution is 0.0764. The molecule has 1 fully saturated rings. The SMILES string of the molecule is N#Cc1cc(F)cc(C2COCCN2)c1C=O. The number of halogens is 1. The molecule has 2 rings (SSSR count). The van der Waals surface area contributed by atoms with Crippen LogP contribution in [0.4, 0.5) is 4.39 Å². The lowest BCUT2D eigenvalue weighted by Gasteiger charge is -2.25. The van der Waals surface area contributed by atoms with Gasteiger partial charge in [-0.15, -0.1) is 0 Å². The van der Waals surface area contributed by atoms with Crippen molar-refractivity contribution in [3.05, 3.63) is 34.6 Å². The van der Waals surface area contributed by atoms with Crippen molar-refractivity contribution in [1.82, 2.24) is 5.32 Å². The van der Waals surface area contributed by atoms with Gasteiger partial charge < -0.3 is 10.1 Å². The molecule has 1 aromatic carbocycles. The van der Waals surface area contributed by atoms with Crippen LogP contribution < -0.4 is 5.32 Å². The monoisotopic (exact) mass is 234 g/mol. The summed E-state index contributed by atoms with van der Waals surface area (Å²) < 4.78 is 18.6. The van der Waals surface area contributed by atoms with Crippen LogP contribution >= 0.6 is 0 Å². The van der Waals surface area contributed by atoms with Gasteiger partial charge in [0.25, 0.3) is 0 Å². The molecule has 0 spiro atoms. The molecule has 1 aromatic rings. The third-order valence-corrected chi connectivity index (χ3v) is 2.71. The van der Waals surface area contributed by atoms with Crippen molar-refractivity contribution in [2.45, 2.75) is 6.04 Å².